The Hall–Kier alpha value is -1.08. The highest BCUT2D eigenvalue weighted by molar-refractivity contribution is 7.93. The number of aliphatic hydroxyl groups is 1. The summed E-state index contributed by atoms with van der Waals surface area (Å²) in [5, 5.41) is 9.62. The summed E-state index contributed by atoms with van der Waals surface area (Å²) in [6, 6.07) is 5.55. The van der Waals surface area contributed by atoms with Gasteiger partial charge in [-0.1, -0.05) is 12.1 Å². The molecule has 1 rings (SSSR count). The predicted molar refractivity (Wildman–Crippen MR) is 60.7 cm³/mol. The van der Waals surface area contributed by atoms with Crippen molar-refractivity contribution in [2.45, 2.75) is 12.1 Å². The summed E-state index contributed by atoms with van der Waals surface area (Å²) in [4.78, 5) is 15.3. The normalized spacial score (nSPS) is 14.2. The van der Waals surface area contributed by atoms with Crippen molar-refractivity contribution in [2.24, 2.45) is 5.73 Å². The molecule has 0 aliphatic carbocycles. The smallest absolute Gasteiger partial charge is 0.166 e. The lowest BCUT2D eigenvalue weighted by Crippen LogP contribution is -2.29. The van der Waals surface area contributed by atoms with Gasteiger partial charge in [0.25, 0.3) is 0 Å². The Balaban J connectivity index is 2.66. The number of benzene rings is 1. The second-order valence-corrected chi connectivity index (χ2v) is 3.51. The van der Waals surface area contributed by atoms with Crippen molar-refractivity contribution in [2.75, 3.05) is 6.26 Å². The van der Waals surface area contributed by atoms with Crippen molar-refractivity contribution < 1.29 is 19.1 Å². The van der Waals surface area contributed by atoms with Crippen LogP contribution in [0.2, 0.25) is 0 Å². The summed E-state index contributed by atoms with van der Waals surface area (Å²) < 4.78 is 4.66. The minimum atomic E-state index is -1.01. The molecule has 0 bridgehead atoms. The van der Waals surface area contributed by atoms with E-state index in [0.29, 0.717) is 17.6 Å². The molecule has 5 nitrogen and oxygen atoms in total. The molecule has 0 heterocycles. The Bertz CT molecular complexity index is 330. The largest absolute Gasteiger partial charge is 0.386 e. The maximum atomic E-state index is 10.4. The topological polar surface area (TPSA) is 81.8 Å². The second kappa shape index (κ2) is 6.49. The minimum Gasteiger partial charge on any atom is -0.386 e. The molecule has 1 aromatic rings. The highest BCUT2D eigenvalue weighted by atomic mass is 32.2. The van der Waals surface area contributed by atoms with Crippen LogP contribution < -0.4 is 10.6 Å². The Kier molecular flexibility index (Phi) is 5.27. The molecular formula is C10H13NO4S. The molecular weight excluding hydrogens is 230 g/mol. The molecule has 88 valence electrons. The molecule has 0 radical (unpaired) electrons. The van der Waals surface area contributed by atoms with E-state index < -0.39 is 12.1 Å². The SMILES string of the molecule is CSOOc1ccc([C@@H](O)[C@H](N)C=O)cc1. The van der Waals surface area contributed by atoms with E-state index in [2.05, 4.69) is 4.33 Å². The standard InChI is InChI=1S/C10H13NO4S/c1-16-15-14-8-4-2-7(3-5-8)10(13)9(11)6-12/h2-6,9-10,13H,11H2,1H3/t9-,10-/m1/s1. The van der Waals surface area contributed by atoms with Crippen LogP contribution in [0.5, 0.6) is 5.75 Å². The van der Waals surface area contributed by atoms with Crippen LogP contribution in [-0.4, -0.2) is 23.7 Å². The maximum Gasteiger partial charge on any atom is 0.166 e. The fourth-order valence-electron chi connectivity index (χ4n) is 1.09. The third kappa shape index (κ3) is 3.49. The van der Waals surface area contributed by atoms with Gasteiger partial charge in [-0.25, -0.2) is 0 Å². The monoisotopic (exact) mass is 243 g/mol. The Morgan fingerprint density at radius 2 is 2.06 bits per heavy atom. The first-order chi connectivity index (χ1) is 7.69. The van der Waals surface area contributed by atoms with E-state index in [0.717, 1.165) is 12.0 Å². The fourth-order valence-corrected chi connectivity index (χ4v) is 1.24. The molecule has 6 heteroatoms. The second-order valence-electron chi connectivity index (χ2n) is 3.05. The Labute approximate surface area is 97.7 Å². The number of aliphatic hydroxyl groups excluding tert-OH is 1. The lowest BCUT2D eigenvalue weighted by Gasteiger charge is -2.13. The van der Waals surface area contributed by atoms with Gasteiger partial charge in [0, 0.05) is 18.3 Å². The third-order valence-electron chi connectivity index (χ3n) is 1.94. The average molecular weight is 243 g/mol. The molecule has 0 amide bonds. The molecule has 3 N–H and O–H groups in total. The van der Waals surface area contributed by atoms with Crippen LogP contribution >= 0.6 is 12.0 Å². The van der Waals surface area contributed by atoms with E-state index in [1.807, 2.05) is 0 Å². The molecule has 2 atom stereocenters. The van der Waals surface area contributed by atoms with Crippen molar-refractivity contribution >= 4 is 18.3 Å². The summed E-state index contributed by atoms with van der Waals surface area (Å²) in [5.41, 5.74) is 5.94. The summed E-state index contributed by atoms with van der Waals surface area (Å²) in [6.45, 7) is 0. The number of rotatable bonds is 6. The van der Waals surface area contributed by atoms with Gasteiger partial charge in [0.15, 0.2) is 5.75 Å². The highest BCUT2D eigenvalue weighted by Crippen LogP contribution is 2.19. The van der Waals surface area contributed by atoms with E-state index >= 15 is 0 Å². The first-order valence-electron chi connectivity index (χ1n) is 4.55. The number of nitrogens with two attached hydrogens (primary N) is 1. The summed E-state index contributed by atoms with van der Waals surface area (Å²) >= 11 is 1.08. The molecule has 0 fully saturated rings. The Morgan fingerprint density at radius 3 is 2.56 bits per heavy atom. The molecule has 1 aromatic carbocycles. The molecule has 16 heavy (non-hydrogen) atoms. The van der Waals surface area contributed by atoms with Gasteiger partial charge in [-0.3, -0.25) is 0 Å². The van der Waals surface area contributed by atoms with Gasteiger partial charge >= 0.3 is 0 Å². The van der Waals surface area contributed by atoms with Crippen molar-refractivity contribution in [3.63, 3.8) is 0 Å². The molecule has 0 aliphatic heterocycles. The van der Waals surface area contributed by atoms with Crippen LogP contribution in [0.25, 0.3) is 0 Å². The number of hydrogen-bond donors (Lipinski definition) is 2. The fraction of sp³-hybridized carbons (Fsp3) is 0.300. The van der Waals surface area contributed by atoms with Gasteiger partial charge in [0.1, 0.15) is 12.4 Å². The highest BCUT2D eigenvalue weighted by Gasteiger charge is 2.15. The van der Waals surface area contributed by atoms with Crippen LogP contribution in [0.3, 0.4) is 0 Å². The third-order valence-corrected chi connectivity index (χ3v) is 2.15. The van der Waals surface area contributed by atoms with Crippen LogP contribution in [0.15, 0.2) is 24.3 Å². The zero-order valence-electron chi connectivity index (χ0n) is 8.70. The molecule has 0 unspecified atom stereocenters. The van der Waals surface area contributed by atoms with E-state index in [1.54, 1.807) is 30.5 Å². The van der Waals surface area contributed by atoms with Crippen molar-refractivity contribution in [3.8, 4) is 5.75 Å². The van der Waals surface area contributed by atoms with E-state index in [9.17, 15) is 9.90 Å². The van der Waals surface area contributed by atoms with Gasteiger partial charge in [-0.05, 0) is 17.7 Å². The number of aldehydes is 1. The van der Waals surface area contributed by atoms with Gasteiger partial charge in [-0.15, -0.1) is 4.33 Å². The summed E-state index contributed by atoms with van der Waals surface area (Å²) in [7, 11) is 0. The molecule has 0 spiro atoms. The quantitative estimate of drug-likeness (QED) is 0.333. The van der Waals surface area contributed by atoms with Gasteiger partial charge in [0.2, 0.25) is 0 Å². The van der Waals surface area contributed by atoms with E-state index in [-0.39, 0.29) is 0 Å². The van der Waals surface area contributed by atoms with Crippen molar-refractivity contribution in [1.29, 1.82) is 0 Å². The van der Waals surface area contributed by atoms with Gasteiger partial charge in [-0.2, -0.15) is 0 Å². The molecule has 0 aliphatic rings. The number of hydrogen-bond acceptors (Lipinski definition) is 6. The molecule has 0 saturated heterocycles. The molecule has 0 aromatic heterocycles. The van der Waals surface area contributed by atoms with E-state index in [1.165, 1.54) is 0 Å². The number of carbonyl (C=O) groups excluding carboxylic acids is 1. The first kappa shape index (κ1) is 13.0. The van der Waals surface area contributed by atoms with Crippen LogP contribution in [0, 0.1) is 0 Å². The van der Waals surface area contributed by atoms with E-state index in [4.69, 9.17) is 10.6 Å². The van der Waals surface area contributed by atoms with Crippen molar-refractivity contribution in [3.05, 3.63) is 29.8 Å². The maximum absolute atomic E-state index is 10.4. The van der Waals surface area contributed by atoms with Gasteiger partial charge < -0.3 is 20.5 Å². The first-order valence-corrected chi connectivity index (χ1v) is 5.70. The molecule has 0 saturated carbocycles. The number of carbonyl (C=O) groups is 1. The lowest BCUT2D eigenvalue weighted by atomic mass is 10.0. The van der Waals surface area contributed by atoms with Gasteiger partial charge in [0.05, 0.1) is 6.04 Å². The van der Waals surface area contributed by atoms with Crippen LogP contribution in [-0.2, 0) is 9.13 Å². The Morgan fingerprint density at radius 1 is 1.44 bits per heavy atom. The van der Waals surface area contributed by atoms with Crippen LogP contribution in [0.1, 0.15) is 11.7 Å². The van der Waals surface area contributed by atoms with Crippen LogP contribution in [0.4, 0.5) is 0 Å². The predicted octanol–water partition coefficient (Wildman–Crippen LogP) is 0.835. The zero-order chi connectivity index (χ0) is 12.0. The summed E-state index contributed by atoms with van der Waals surface area (Å²) in [6.07, 6.45) is 1.22. The van der Waals surface area contributed by atoms with Crippen molar-refractivity contribution in [1.82, 2.24) is 0 Å². The summed E-state index contributed by atoms with van der Waals surface area (Å²) in [5.74, 6) is 0.505. The zero-order valence-corrected chi connectivity index (χ0v) is 9.52. The minimum absolute atomic E-state index is 0.505. The average Bonchev–Trinajstić information content (AvgIpc) is 2.35. The lowest BCUT2D eigenvalue weighted by molar-refractivity contribution is -0.111.